The van der Waals surface area contributed by atoms with E-state index in [1.54, 1.807) is 18.3 Å². The lowest BCUT2D eigenvalue weighted by molar-refractivity contribution is 0.0946. The zero-order chi connectivity index (χ0) is 24.1. The molecule has 1 amide bonds. The summed E-state index contributed by atoms with van der Waals surface area (Å²) in [6, 6.07) is 12.7. The number of benzene rings is 2. The van der Waals surface area contributed by atoms with Gasteiger partial charge < -0.3 is 30.9 Å². The summed E-state index contributed by atoms with van der Waals surface area (Å²) >= 11 is 1.50. The van der Waals surface area contributed by atoms with Crippen LogP contribution in [0.3, 0.4) is 0 Å². The van der Waals surface area contributed by atoms with E-state index in [0.717, 1.165) is 27.9 Å². The molecule has 0 aliphatic carbocycles. The Morgan fingerprint density at radius 1 is 1.21 bits per heavy atom. The van der Waals surface area contributed by atoms with Crippen molar-refractivity contribution in [3.8, 4) is 5.75 Å². The van der Waals surface area contributed by atoms with Gasteiger partial charge in [-0.1, -0.05) is 12.1 Å². The number of carbonyl (C=O) groups is 1. The molecule has 0 spiro atoms. The van der Waals surface area contributed by atoms with Gasteiger partial charge in [0.1, 0.15) is 16.5 Å². The average Bonchev–Trinajstić information content (AvgIpc) is 3.51. The van der Waals surface area contributed by atoms with Gasteiger partial charge in [0, 0.05) is 40.6 Å². The molecule has 178 valence electrons. The number of phenols is 1. The minimum absolute atomic E-state index is 0.0140. The monoisotopic (exact) mass is 480 g/mol. The van der Waals surface area contributed by atoms with Crippen molar-refractivity contribution in [1.29, 1.82) is 0 Å². The van der Waals surface area contributed by atoms with Crippen LogP contribution in [0.5, 0.6) is 5.75 Å². The first kappa shape index (κ1) is 23.9. The summed E-state index contributed by atoms with van der Waals surface area (Å²) in [5.74, 6) is -0.157. The molecule has 2 atom stereocenters. The number of aromatic amines is 1. The number of nitrogens with one attached hydrogen (secondary N) is 3. The third-order valence-electron chi connectivity index (χ3n) is 5.67. The number of H-pyrrole nitrogens is 1. The zero-order valence-corrected chi connectivity index (χ0v) is 19.6. The summed E-state index contributed by atoms with van der Waals surface area (Å²) < 4.78 is 0. The minimum atomic E-state index is -0.758. The first-order valence-electron chi connectivity index (χ1n) is 11.0. The van der Waals surface area contributed by atoms with Crippen molar-refractivity contribution < 1.29 is 20.1 Å². The molecular weight excluding hydrogens is 452 g/mol. The highest BCUT2D eigenvalue weighted by molar-refractivity contribution is 7.09. The highest BCUT2D eigenvalue weighted by Crippen LogP contribution is 2.23. The number of thiazole rings is 1. The number of rotatable bonds is 10. The van der Waals surface area contributed by atoms with E-state index in [9.17, 15) is 20.1 Å². The predicted molar refractivity (Wildman–Crippen MR) is 132 cm³/mol. The quantitative estimate of drug-likeness (QED) is 0.207. The van der Waals surface area contributed by atoms with Crippen LogP contribution in [0.15, 0.2) is 54.0 Å². The number of aliphatic hydroxyl groups excluding tert-OH is 2. The van der Waals surface area contributed by atoms with E-state index in [4.69, 9.17) is 0 Å². The zero-order valence-electron chi connectivity index (χ0n) is 18.8. The van der Waals surface area contributed by atoms with Crippen LogP contribution in [0.2, 0.25) is 0 Å². The fourth-order valence-electron chi connectivity index (χ4n) is 3.82. The van der Waals surface area contributed by atoms with Gasteiger partial charge in [0.2, 0.25) is 0 Å². The van der Waals surface area contributed by atoms with E-state index in [-0.39, 0.29) is 24.3 Å². The Balaban J connectivity index is 1.33. The van der Waals surface area contributed by atoms with Gasteiger partial charge in [-0.2, -0.15) is 0 Å². The molecule has 0 bridgehead atoms. The maximum absolute atomic E-state index is 12.5. The molecule has 8 nitrogen and oxygen atoms in total. The van der Waals surface area contributed by atoms with Gasteiger partial charge in [0.25, 0.3) is 5.91 Å². The molecule has 0 saturated carbocycles. The summed E-state index contributed by atoms with van der Waals surface area (Å²) in [6.45, 7) is 2.50. The summed E-state index contributed by atoms with van der Waals surface area (Å²) in [4.78, 5) is 19.8. The molecule has 2 unspecified atom stereocenters. The van der Waals surface area contributed by atoms with E-state index in [1.807, 2.05) is 30.5 Å². The van der Waals surface area contributed by atoms with Crippen LogP contribution in [-0.4, -0.2) is 43.8 Å². The van der Waals surface area contributed by atoms with Crippen LogP contribution < -0.4 is 10.6 Å². The highest BCUT2D eigenvalue weighted by atomic mass is 32.1. The average molecular weight is 481 g/mol. The SMILES string of the molecule is CC(Cc1ccc2[nH]c(C(=O)NCc3nccs3)cc2c1)NCC(O)c1ccc(O)c(CO)c1. The summed E-state index contributed by atoms with van der Waals surface area (Å²) in [5, 5.41) is 39.4. The standard InChI is InChI=1S/C25H28N4O4S/c1-15(27-12-23(32)17-3-5-22(31)19(10-17)14-30)8-16-2-4-20-18(9-16)11-21(29-20)25(33)28-13-24-26-6-7-34-24/h2-7,9-11,15,23,27,29-32H,8,12-14H2,1H3,(H,28,33). The summed E-state index contributed by atoms with van der Waals surface area (Å²) in [7, 11) is 0. The first-order chi connectivity index (χ1) is 16.4. The smallest absolute Gasteiger partial charge is 0.268 e. The first-order valence-corrected chi connectivity index (χ1v) is 11.9. The van der Waals surface area contributed by atoms with Crippen LogP contribution >= 0.6 is 11.3 Å². The lowest BCUT2D eigenvalue weighted by atomic mass is 10.0. The third-order valence-corrected chi connectivity index (χ3v) is 6.45. The Morgan fingerprint density at radius 2 is 2.06 bits per heavy atom. The van der Waals surface area contributed by atoms with Crippen LogP contribution in [0.1, 0.15) is 45.2 Å². The fourth-order valence-corrected chi connectivity index (χ4v) is 4.37. The van der Waals surface area contributed by atoms with E-state index >= 15 is 0 Å². The number of amides is 1. The van der Waals surface area contributed by atoms with Gasteiger partial charge in [0.15, 0.2) is 0 Å². The van der Waals surface area contributed by atoms with Crippen molar-refractivity contribution in [2.75, 3.05) is 6.54 Å². The van der Waals surface area contributed by atoms with Crippen molar-refractivity contribution in [3.05, 3.63) is 81.4 Å². The molecule has 4 aromatic rings. The lowest BCUT2D eigenvalue weighted by Gasteiger charge is -2.18. The topological polar surface area (TPSA) is 130 Å². The maximum atomic E-state index is 12.5. The minimum Gasteiger partial charge on any atom is -0.508 e. The molecule has 6 N–H and O–H groups in total. The van der Waals surface area contributed by atoms with Crippen molar-refractivity contribution in [2.24, 2.45) is 0 Å². The molecule has 0 fully saturated rings. The second-order valence-corrected chi connectivity index (χ2v) is 9.27. The normalized spacial score (nSPS) is 13.1. The molecule has 2 aromatic carbocycles. The van der Waals surface area contributed by atoms with Crippen LogP contribution in [0, 0.1) is 0 Å². The van der Waals surface area contributed by atoms with Gasteiger partial charge >= 0.3 is 0 Å². The van der Waals surface area contributed by atoms with Crippen molar-refractivity contribution in [1.82, 2.24) is 20.6 Å². The molecular formula is C25H28N4O4S. The van der Waals surface area contributed by atoms with Gasteiger partial charge in [0.05, 0.1) is 19.3 Å². The number of aromatic nitrogens is 2. The second kappa shape index (κ2) is 10.8. The van der Waals surface area contributed by atoms with Crippen LogP contribution in [0.4, 0.5) is 0 Å². The molecule has 0 aliphatic rings. The van der Waals surface area contributed by atoms with Crippen molar-refractivity contribution in [3.63, 3.8) is 0 Å². The number of carbonyl (C=O) groups excluding carboxylic acids is 1. The lowest BCUT2D eigenvalue weighted by Crippen LogP contribution is -2.32. The second-order valence-electron chi connectivity index (χ2n) is 8.29. The van der Waals surface area contributed by atoms with Crippen LogP contribution in [-0.2, 0) is 19.6 Å². The number of hydrogen-bond acceptors (Lipinski definition) is 7. The van der Waals surface area contributed by atoms with Gasteiger partial charge in [-0.15, -0.1) is 11.3 Å². The predicted octanol–water partition coefficient (Wildman–Crippen LogP) is 3.01. The van der Waals surface area contributed by atoms with E-state index in [2.05, 4.69) is 26.7 Å². The number of aromatic hydroxyl groups is 1. The van der Waals surface area contributed by atoms with Gasteiger partial charge in [-0.25, -0.2) is 4.98 Å². The maximum Gasteiger partial charge on any atom is 0.268 e. The highest BCUT2D eigenvalue weighted by Gasteiger charge is 2.14. The number of fused-ring (bicyclic) bond motifs is 1. The molecule has 9 heteroatoms. The molecule has 2 aromatic heterocycles. The van der Waals surface area contributed by atoms with Crippen molar-refractivity contribution in [2.45, 2.75) is 38.6 Å². The third kappa shape index (κ3) is 5.81. The van der Waals surface area contributed by atoms with E-state index in [0.29, 0.717) is 29.9 Å². The number of aliphatic hydroxyl groups is 2. The Morgan fingerprint density at radius 3 is 2.82 bits per heavy atom. The van der Waals surface area contributed by atoms with Crippen LogP contribution in [0.25, 0.3) is 10.9 Å². The molecule has 0 saturated heterocycles. The fraction of sp³-hybridized carbons (Fsp3) is 0.280. The van der Waals surface area contributed by atoms with E-state index < -0.39 is 6.10 Å². The van der Waals surface area contributed by atoms with Gasteiger partial charge in [-0.3, -0.25) is 4.79 Å². The Hall–Kier alpha value is -3.24. The summed E-state index contributed by atoms with van der Waals surface area (Å²) in [6.07, 6.45) is 1.70. The van der Waals surface area contributed by atoms with Crippen molar-refractivity contribution >= 4 is 28.1 Å². The Kier molecular flexibility index (Phi) is 7.59. The Bertz CT molecular complexity index is 1260. The molecule has 4 rings (SSSR count). The Labute approximate surface area is 201 Å². The number of hydrogen-bond donors (Lipinski definition) is 6. The molecule has 0 aliphatic heterocycles. The van der Waals surface area contributed by atoms with Gasteiger partial charge in [-0.05, 0) is 54.8 Å². The molecule has 34 heavy (non-hydrogen) atoms. The molecule has 0 radical (unpaired) electrons. The van der Waals surface area contributed by atoms with E-state index in [1.165, 1.54) is 17.4 Å². The summed E-state index contributed by atoms with van der Waals surface area (Å²) in [5.41, 5.74) is 3.54. The number of nitrogens with zero attached hydrogens (tertiary/aromatic N) is 1. The molecule has 2 heterocycles. The largest absolute Gasteiger partial charge is 0.508 e.